The molecule has 0 saturated carbocycles. The molecule has 1 aromatic rings. The number of nitriles is 1. The summed E-state index contributed by atoms with van der Waals surface area (Å²) < 4.78 is 1.57. The zero-order valence-corrected chi connectivity index (χ0v) is 7.97. The Morgan fingerprint density at radius 3 is 2.85 bits per heavy atom. The number of anilines is 1. The summed E-state index contributed by atoms with van der Waals surface area (Å²) in [6.07, 6.45) is 0. The highest BCUT2D eigenvalue weighted by Gasteiger charge is 2.10. The van der Waals surface area contributed by atoms with Crippen LogP contribution in [0.1, 0.15) is 6.92 Å². The lowest BCUT2D eigenvalue weighted by Gasteiger charge is -2.16. The molecule has 1 atom stereocenters. The maximum atomic E-state index is 8.62. The third-order valence-corrected chi connectivity index (χ3v) is 1.71. The van der Waals surface area contributed by atoms with Gasteiger partial charge in [0, 0.05) is 20.6 Å². The standard InChI is InChI=1S/C7H12N6/c1-6(4-8)5-12(2)7-9-10-11-13(7)3/h6H,5H2,1-3H3. The molecule has 0 amide bonds. The van der Waals surface area contributed by atoms with Gasteiger partial charge in [-0.3, -0.25) is 0 Å². The van der Waals surface area contributed by atoms with Crippen molar-refractivity contribution < 1.29 is 0 Å². The molecule has 0 aliphatic heterocycles. The molecule has 1 rings (SSSR count). The van der Waals surface area contributed by atoms with Crippen molar-refractivity contribution in [2.45, 2.75) is 6.92 Å². The van der Waals surface area contributed by atoms with Crippen LogP contribution in [-0.2, 0) is 7.05 Å². The summed E-state index contributed by atoms with van der Waals surface area (Å²) in [5.74, 6) is 0.642. The second kappa shape index (κ2) is 3.85. The van der Waals surface area contributed by atoms with Gasteiger partial charge < -0.3 is 4.90 Å². The minimum atomic E-state index is -0.0262. The van der Waals surface area contributed by atoms with Crippen LogP contribution in [0.4, 0.5) is 5.95 Å². The van der Waals surface area contributed by atoms with Crippen LogP contribution in [0.3, 0.4) is 0 Å². The van der Waals surface area contributed by atoms with E-state index in [9.17, 15) is 0 Å². The van der Waals surface area contributed by atoms with Crippen LogP contribution in [0.25, 0.3) is 0 Å². The number of hydrogen-bond donors (Lipinski definition) is 0. The molecule has 0 bridgehead atoms. The Morgan fingerprint density at radius 2 is 2.38 bits per heavy atom. The Bertz CT molecular complexity index is 311. The monoisotopic (exact) mass is 180 g/mol. The van der Waals surface area contributed by atoms with Crippen LogP contribution >= 0.6 is 0 Å². The summed E-state index contributed by atoms with van der Waals surface area (Å²) in [7, 11) is 3.63. The van der Waals surface area contributed by atoms with E-state index < -0.39 is 0 Å². The van der Waals surface area contributed by atoms with Gasteiger partial charge in [0.1, 0.15) is 0 Å². The Labute approximate surface area is 76.8 Å². The van der Waals surface area contributed by atoms with Crippen LogP contribution in [0.5, 0.6) is 0 Å². The van der Waals surface area contributed by atoms with Crippen molar-refractivity contribution in [3.8, 4) is 6.07 Å². The fraction of sp³-hybridized carbons (Fsp3) is 0.714. The van der Waals surface area contributed by atoms with Crippen LogP contribution in [-0.4, -0.2) is 33.8 Å². The molecular formula is C7H12N6. The van der Waals surface area contributed by atoms with Gasteiger partial charge in [-0.25, -0.2) is 4.68 Å². The molecule has 6 heteroatoms. The first-order valence-electron chi connectivity index (χ1n) is 3.98. The number of aryl methyl sites for hydroxylation is 1. The summed E-state index contributed by atoms with van der Waals surface area (Å²) in [6.45, 7) is 2.49. The van der Waals surface area contributed by atoms with Gasteiger partial charge in [-0.15, -0.1) is 0 Å². The molecule has 13 heavy (non-hydrogen) atoms. The lowest BCUT2D eigenvalue weighted by atomic mass is 10.2. The molecular weight excluding hydrogens is 168 g/mol. The van der Waals surface area contributed by atoms with Crippen molar-refractivity contribution in [3.63, 3.8) is 0 Å². The maximum absolute atomic E-state index is 8.62. The summed E-state index contributed by atoms with van der Waals surface area (Å²) in [5.41, 5.74) is 0. The van der Waals surface area contributed by atoms with Crippen molar-refractivity contribution in [1.29, 1.82) is 5.26 Å². The van der Waals surface area contributed by atoms with Crippen molar-refractivity contribution in [2.24, 2.45) is 13.0 Å². The van der Waals surface area contributed by atoms with E-state index >= 15 is 0 Å². The predicted octanol–water partition coefficient (Wildman–Crippen LogP) is -0.194. The first kappa shape index (κ1) is 9.45. The van der Waals surface area contributed by atoms with E-state index in [2.05, 4.69) is 21.6 Å². The van der Waals surface area contributed by atoms with Gasteiger partial charge in [-0.1, -0.05) is 5.10 Å². The van der Waals surface area contributed by atoms with Gasteiger partial charge in [0.25, 0.3) is 0 Å². The van der Waals surface area contributed by atoms with Crippen LogP contribution in [0.2, 0.25) is 0 Å². The Morgan fingerprint density at radius 1 is 1.69 bits per heavy atom. The highest BCUT2D eigenvalue weighted by Crippen LogP contribution is 2.06. The second-order valence-electron chi connectivity index (χ2n) is 3.01. The van der Waals surface area contributed by atoms with Crippen molar-refractivity contribution in [2.75, 3.05) is 18.5 Å². The van der Waals surface area contributed by atoms with Gasteiger partial charge in [-0.05, 0) is 17.4 Å². The van der Waals surface area contributed by atoms with Crippen molar-refractivity contribution in [3.05, 3.63) is 0 Å². The molecule has 6 nitrogen and oxygen atoms in total. The van der Waals surface area contributed by atoms with Gasteiger partial charge in [-0.2, -0.15) is 5.26 Å². The normalized spacial score (nSPS) is 12.2. The molecule has 0 aliphatic rings. The number of nitrogens with zero attached hydrogens (tertiary/aromatic N) is 6. The Kier molecular flexibility index (Phi) is 2.80. The molecule has 0 radical (unpaired) electrons. The van der Waals surface area contributed by atoms with E-state index in [4.69, 9.17) is 5.26 Å². The molecule has 1 heterocycles. The maximum Gasteiger partial charge on any atom is 0.245 e. The van der Waals surface area contributed by atoms with E-state index in [0.717, 1.165) is 0 Å². The molecule has 0 N–H and O–H groups in total. The lowest BCUT2D eigenvalue weighted by molar-refractivity contribution is 0.663. The van der Waals surface area contributed by atoms with E-state index in [0.29, 0.717) is 12.5 Å². The van der Waals surface area contributed by atoms with E-state index in [-0.39, 0.29) is 5.92 Å². The first-order valence-corrected chi connectivity index (χ1v) is 3.98. The molecule has 0 saturated heterocycles. The first-order chi connectivity index (χ1) is 6.15. The van der Waals surface area contributed by atoms with Crippen LogP contribution in [0, 0.1) is 17.2 Å². The fourth-order valence-electron chi connectivity index (χ4n) is 1.08. The lowest BCUT2D eigenvalue weighted by Crippen LogP contribution is -2.25. The second-order valence-corrected chi connectivity index (χ2v) is 3.01. The minimum Gasteiger partial charge on any atom is -0.341 e. The Balaban J connectivity index is 2.65. The quantitative estimate of drug-likeness (QED) is 0.644. The number of rotatable bonds is 3. The smallest absolute Gasteiger partial charge is 0.245 e. The summed E-state index contributed by atoms with van der Waals surface area (Å²) in [6, 6.07) is 2.16. The van der Waals surface area contributed by atoms with Crippen LogP contribution in [0.15, 0.2) is 0 Å². The average molecular weight is 180 g/mol. The van der Waals surface area contributed by atoms with Gasteiger partial charge in [0.15, 0.2) is 0 Å². The topological polar surface area (TPSA) is 70.6 Å². The zero-order valence-electron chi connectivity index (χ0n) is 7.97. The molecule has 70 valence electrons. The SMILES string of the molecule is CC(C#N)CN(C)c1nnnn1C. The van der Waals surface area contributed by atoms with E-state index in [1.165, 1.54) is 0 Å². The molecule has 0 aromatic carbocycles. The van der Waals surface area contributed by atoms with Crippen LogP contribution < -0.4 is 4.90 Å². The van der Waals surface area contributed by atoms with Crippen molar-refractivity contribution in [1.82, 2.24) is 20.2 Å². The molecule has 0 aliphatic carbocycles. The molecule has 1 unspecified atom stereocenters. The predicted molar refractivity (Wildman–Crippen MR) is 46.8 cm³/mol. The largest absolute Gasteiger partial charge is 0.341 e. The third kappa shape index (κ3) is 2.15. The molecule has 1 aromatic heterocycles. The average Bonchev–Trinajstić information content (AvgIpc) is 2.51. The van der Waals surface area contributed by atoms with E-state index in [1.54, 1.807) is 11.7 Å². The minimum absolute atomic E-state index is 0.0262. The fourth-order valence-corrected chi connectivity index (χ4v) is 1.08. The van der Waals surface area contributed by atoms with E-state index in [1.807, 2.05) is 18.9 Å². The van der Waals surface area contributed by atoms with Gasteiger partial charge in [0.2, 0.25) is 5.95 Å². The Hall–Kier alpha value is -1.64. The van der Waals surface area contributed by atoms with Crippen molar-refractivity contribution >= 4 is 5.95 Å². The summed E-state index contributed by atoms with van der Waals surface area (Å²) in [5, 5.41) is 19.7. The molecule has 0 spiro atoms. The van der Waals surface area contributed by atoms with Gasteiger partial charge >= 0.3 is 0 Å². The summed E-state index contributed by atoms with van der Waals surface area (Å²) in [4.78, 5) is 1.86. The molecule has 0 fully saturated rings. The number of aromatic nitrogens is 4. The third-order valence-electron chi connectivity index (χ3n) is 1.71. The highest BCUT2D eigenvalue weighted by atomic mass is 15.6. The number of hydrogen-bond acceptors (Lipinski definition) is 5. The number of tetrazole rings is 1. The zero-order chi connectivity index (χ0) is 9.84. The summed E-state index contributed by atoms with van der Waals surface area (Å²) >= 11 is 0. The van der Waals surface area contributed by atoms with Gasteiger partial charge in [0.05, 0.1) is 12.0 Å². The highest BCUT2D eigenvalue weighted by molar-refractivity contribution is 5.26.